The zero-order chi connectivity index (χ0) is 27.2. The van der Waals surface area contributed by atoms with Gasteiger partial charge in [-0.15, -0.1) is 0 Å². The van der Waals surface area contributed by atoms with E-state index in [1.807, 2.05) is 34.6 Å². The molecule has 0 heterocycles. The number of aliphatic hydroxyl groups is 4. The molecule has 2 bridgehead atoms. The van der Waals surface area contributed by atoms with E-state index in [2.05, 4.69) is 0 Å². The molecule has 4 aliphatic carbocycles. The molecular formula is C28H42O8. The Kier molecular flexibility index (Phi) is 6.36. The molecule has 2 unspecified atom stereocenters. The zero-order valence-corrected chi connectivity index (χ0v) is 22.6. The summed E-state index contributed by atoms with van der Waals surface area (Å²) in [6.07, 6.45) is -0.262. The molecule has 0 aromatic heterocycles. The number of hydrogen-bond acceptors (Lipinski definition) is 8. The first-order valence-electron chi connectivity index (χ1n) is 13.0. The smallest absolute Gasteiger partial charge is 0.309 e. The lowest BCUT2D eigenvalue weighted by atomic mass is 9.58. The van der Waals surface area contributed by atoms with Gasteiger partial charge in [0.1, 0.15) is 17.3 Å². The first-order valence-corrected chi connectivity index (χ1v) is 13.0. The second-order valence-electron chi connectivity index (χ2n) is 12.6. The monoisotopic (exact) mass is 506 g/mol. The van der Waals surface area contributed by atoms with Crippen molar-refractivity contribution in [2.45, 2.75) is 91.3 Å². The van der Waals surface area contributed by atoms with Crippen molar-refractivity contribution in [2.24, 2.45) is 40.4 Å². The molecule has 4 rings (SSSR count). The molecule has 4 N–H and O–H groups in total. The highest BCUT2D eigenvalue weighted by atomic mass is 16.6. The van der Waals surface area contributed by atoms with Crippen molar-refractivity contribution in [3.05, 3.63) is 23.3 Å². The van der Waals surface area contributed by atoms with E-state index in [-0.39, 0.29) is 17.4 Å². The van der Waals surface area contributed by atoms with Crippen LogP contribution in [0.4, 0.5) is 0 Å². The summed E-state index contributed by atoms with van der Waals surface area (Å²) in [5.74, 6) is -2.77. The number of rotatable bonds is 5. The fourth-order valence-corrected chi connectivity index (χ4v) is 7.95. The van der Waals surface area contributed by atoms with Crippen LogP contribution in [0.3, 0.4) is 0 Å². The van der Waals surface area contributed by atoms with Crippen LogP contribution in [0.2, 0.25) is 0 Å². The summed E-state index contributed by atoms with van der Waals surface area (Å²) in [6.45, 7) is 13.9. The Labute approximate surface area is 213 Å². The van der Waals surface area contributed by atoms with E-state index in [1.165, 1.54) is 6.92 Å². The van der Waals surface area contributed by atoms with Gasteiger partial charge in [-0.05, 0) is 36.3 Å². The van der Waals surface area contributed by atoms with E-state index in [9.17, 15) is 30.0 Å². The average Bonchev–Trinajstić information content (AvgIpc) is 3.17. The summed E-state index contributed by atoms with van der Waals surface area (Å²) >= 11 is 0. The van der Waals surface area contributed by atoms with Crippen molar-refractivity contribution < 1.29 is 39.5 Å². The van der Waals surface area contributed by atoms with Crippen molar-refractivity contribution in [3.8, 4) is 0 Å². The van der Waals surface area contributed by atoms with Gasteiger partial charge in [0.05, 0.1) is 24.0 Å². The molecule has 0 aromatic rings. The van der Waals surface area contributed by atoms with Gasteiger partial charge in [-0.25, -0.2) is 0 Å². The van der Waals surface area contributed by atoms with Crippen LogP contribution in [0.5, 0.6) is 0 Å². The fourth-order valence-electron chi connectivity index (χ4n) is 7.95. The maximum absolute atomic E-state index is 13.0. The van der Waals surface area contributed by atoms with Crippen LogP contribution in [-0.2, 0) is 19.1 Å². The van der Waals surface area contributed by atoms with E-state index >= 15 is 0 Å². The highest BCUT2D eigenvalue weighted by molar-refractivity contribution is 5.73. The molecule has 0 radical (unpaired) electrons. The Balaban J connectivity index is 1.91. The zero-order valence-electron chi connectivity index (χ0n) is 22.6. The molecule has 10 atom stereocenters. The van der Waals surface area contributed by atoms with Crippen LogP contribution in [0.1, 0.15) is 61.8 Å². The standard InChI is InChI=1S/C28H42O8/c1-13(2)16(5)24(33)35-23-14(3)10-26-15(4)11-27(36-17(6)30)20(25(27,7)8)19(22(26)32)9-18(12-29)21(31)28(23,26)34/h9-10,13,15-16,19-23,29,31-32,34H,11-12H2,1-8H3/t15-,16?,19+,20-,21-,22?,23+,26+,27+,28+/m1/s1. The first-order chi connectivity index (χ1) is 16.5. The summed E-state index contributed by atoms with van der Waals surface area (Å²) in [6, 6.07) is 0. The average molecular weight is 507 g/mol. The van der Waals surface area contributed by atoms with E-state index in [4.69, 9.17) is 9.47 Å². The van der Waals surface area contributed by atoms with Gasteiger partial charge in [-0.2, -0.15) is 0 Å². The molecule has 8 nitrogen and oxygen atoms in total. The number of esters is 2. The number of aliphatic hydroxyl groups excluding tert-OH is 3. The quantitative estimate of drug-likeness (QED) is 0.329. The largest absolute Gasteiger partial charge is 0.458 e. The van der Waals surface area contributed by atoms with Gasteiger partial charge >= 0.3 is 11.9 Å². The van der Waals surface area contributed by atoms with Crippen molar-refractivity contribution in [3.63, 3.8) is 0 Å². The predicted octanol–water partition coefficient (Wildman–Crippen LogP) is 2.14. The maximum Gasteiger partial charge on any atom is 0.309 e. The number of carbonyl (C=O) groups is 2. The van der Waals surface area contributed by atoms with Crippen LogP contribution in [0.25, 0.3) is 0 Å². The minimum absolute atomic E-state index is 0.00320. The van der Waals surface area contributed by atoms with Crippen molar-refractivity contribution >= 4 is 11.9 Å². The topological polar surface area (TPSA) is 134 Å². The minimum atomic E-state index is -2.13. The predicted molar refractivity (Wildman–Crippen MR) is 131 cm³/mol. The highest BCUT2D eigenvalue weighted by Crippen LogP contribution is 2.76. The molecule has 0 saturated heterocycles. The first kappa shape index (κ1) is 27.3. The van der Waals surface area contributed by atoms with Crippen LogP contribution in [0, 0.1) is 40.4 Å². The van der Waals surface area contributed by atoms with Gasteiger partial charge in [0, 0.05) is 24.2 Å². The van der Waals surface area contributed by atoms with Crippen LogP contribution < -0.4 is 0 Å². The van der Waals surface area contributed by atoms with Gasteiger partial charge in [0.25, 0.3) is 0 Å². The fraction of sp³-hybridized carbons (Fsp3) is 0.786. The lowest BCUT2D eigenvalue weighted by Gasteiger charge is -2.52. The molecule has 36 heavy (non-hydrogen) atoms. The lowest BCUT2D eigenvalue weighted by Crippen LogP contribution is -2.67. The molecule has 2 saturated carbocycles. The summed E-state index contributed by atoms with van der Waals surface area (Å²) < 4.78 is 11.9. The molecule has 1 spiro atoms. The molecular weight excluding hydrogens is 464 g/mol. The lowest BCUT2D eigenvalue weighted by molar-refractivity contribution is -0.227. The van der Waals surface area contributed by atoms with E-state index in [0.717, 1.165) is 0 Å². The summed E-state index contributed by atoms with van der Waals surface area (Å²) in [5.41, 5.74) is -4.22. The van der Waals surface area contributed by atoms with Gasteiger partial charge in [-0.3, -0.25) is 9.59 Å². The van der Waals surface area contributed by atoms with Gasteiger partial charge < -0.3 is 29.9 Å². The molecule has 4 aliphatic rings. The molecule has 2 fully saturated rings. The van der Waals surface area contributed by atoms with Crippen molar-refractivity contribution in [1.82, 2.24) is 0 Å². The molecule has 8 heteroatoms. The Morgan fingerprint density at radius 2 is 1.81 bits per heavy atom. The normalized spacial score (nSPS) is 45.4. The van der Waals surface area contributed by atoms with E-state index in [1.54, 1.807) is 26.0 Å². The van der Waals surface area contributed by atoms with Gasteiger partial charge in [0.2, 0.25) is 0 Å². The van der Waals surface area contributed by atoms with Crippen molar-refractivity contribution in [1.29, 1.82) is 0 Å². The van der Waals surface area contributed by atoms with Gasteiger partial charge in [0.15, 0.2) is 6.10 Å². The minimum Gasteiger partial charge on any atom is -0.458 e. The third-order valence-electron chi connectivity index (χ3n) is 10.2. The summed E-state index contributed by atoms with van der Waals surface area (Å²) in [5, 5.41) is 46.5. The molecule has 202 valence electrons. The van der Waals surface area contributed by atoms with Gasteiger partial charge in [-0.1, -0.05) is 53.7 Å². The van der Waals surface area contributed by atoms with E-state index < -0.39 is 76.6 Å². The molecule has 0 aliphatic heterocycles. The number of fused-ring (bicyclic) bond motifs is 3. The molecule has 0 aromatic carbocycles. The molecule has 0 amide bonds. The SMILES string of the molecule is CC(=O)O[C@@]12C[C@@H](C)[C@]34C=C(C)[C@H](OC(=O)C(C)C(C)C)[C@@]3(O)[C@H](O)C(CO)=C[C@H](C4O)[C@@H]1C2(C)C. The Morgan fingerprint density at radius 1 is 1.19 bits per heavy atom. The Bertz CT molecular complexity index is 1010. The Morgan fingerprint density at radius 3 is 2.33 bits per heavy atom. The number of carbonyl (C=O) groups excluding carboxylic acids is 2. The maximum atomic E-state index is 13.0. The number of ether oxygens (including phenoxy) is 2. The third kappa shape index (κ3) is 3.20. The van der Waals surface area contributed by atoms with Crippen LogP contribution in [-0.4, -0.2) is 68.5 Å². The highest BCUT2D eigenvalue weighted by Gasteiger charge is 2.83. The summed E-state index contributed by atoms with van der Waals surface area (Å²) in [7, 11) is 0. The van der Waals surface area contributed by atoms with Crippen LogP contribution in [0.15, 0.2) is 23.3 Å². The second-order valence-corrected chi connectivity index (χ2v) is 12.6. The summed E-state index contributed by atoms with van der Waals surface area (Å²) in [4.78, 5) is 25.2. The van der Waals surface area contributed by atoms with E-state index in [0.29, 0.717) is 12.0 Å². The Hall–Kier alpha value is -1.74. The third-order valence-corrected chi connectivity index (χ3v) is 10.2. The second kappa shape index (κ2) is 8.38. The van der Waals surface area contributed by atoms with Crippen LogP contribution >= 0.6 is 0 Å². The number of hydrogen-bond donors (Lipinski definition) is 4. The van der Waals surface area contributed by atoms with Crippen molar-refractivity contribution in [2.75, 3.05) is 6.61 Å².